The lowest BCUT2D eigenvalue weighted by molar-refractivity contribution is -0.175. The summed E-state index contributed by atoms with van der Waals surface area (Å²) >= 11 is 0. The number of ether oxygens (including phenoxy) is 2. The van der Waals surface area contributed by atoms with Gasteiger partial charge >= 0.3 is 25.5 Å². The normalized spacial score (nSPS) is 36.2. The lowest BCUT2D eigenvalue weighted by Crippen LogP contribution is -2.58. The third-order valence-electron chi connectivity index (χ3n) is 12.7. The van der Waals surface area contributed by atoms with Crippen molar-refractivity contribution in [3.05, 3.63) is 0 Å². The van der Waals surface area contributed by atoms with Gasteiger partial charge in [0, 0.05) is 12.8 Å². The number of nitrogens with one attached hydrogen (secondary N) is 1. The Kier molecular flexibility index (Phi) is 12.2. The largest absolute Gasteiger partial charge is 0.481 e. The maximum Gasteiger partial charge on any atom is 0.328 e. The van der Waals surface area contributed by atoms with Crippen molar-refractivity contribution in [1.82, 2.24) is 5.32 Å². The van der Waals surface area contributed by atoms with Crippen molar-refractivity contribution in [2.75, 3.05) is 19.5 Å². The Bertz CT molecular complexity index is 1210. The molecular formula is C33H54NO12P. The highest BCUT2D eigenvalue weighted by Gasteiger charge is 2.63. The minimum atomic E-state index is -4.58. The summed E-state index contributed by atoms with van der Waals surface area (Å²) in [5, 5.41) is 33.6. The summed E-state index contributed by atoms with van der Waals surface area (Å²) in [5.74, 6) is -2.38. The van der Waals surface area contributed by atoms with Gasteiger partial charge in [0.15, 0.2) is 0 Å². The highest BCUT2D eigenvalue weighted by Crippen LogP contribution is 2.68. The van der Waals surface area contributed by atoms with Gasteiger partial charge in [0.05, 0.1) is 24.3 Å². The van der Waals surface area contributed by atoms with Gasteiger partial charge in [0.2, 0.25) is 12.7 Å². The molecule has 6 N–H and O–H groups in total. The number of hydrogen-bond donors (Lipinski definition) is 6. The molecule has 4 saturated carbocycles. The number of aliphatic hydroxyl groups is 2. The predicted molar refractivity (Wildman–Crippen MR) is 168 cm³/mol. The molecule has 4 aliphatic rings. The van der Waals surface area contributed by atoms with E-state index in [1.807, 2.05) is 0 Å². The van der Waals surface area contributed by atoms with E-state index >= 15 is 0 Å². The summed E-state index contributed by atoms with van der Waals surface area (Å²) in [4.78, 5) is 65.5. The Balaban J connectivity index is 1.17. The van der Waals surface area contributed by atoms with Gasteiger partial charge in [-0.05, 0) is 111 Å². The van der Waals surface area contributed by atoms with Crippen LogP contribution in [0.15, 0.2) is 0 Å². The van der Waals surface area contributed by atoms with E-state index < -0.39 is 63.4 Å². The van der Waals surface area contributed by atoms with Crippen molar-refractivity contribution in [2.24, 2.45) is 52.3 Å². The molecule has 4 aliphatic carbocycles. The summed E-state index contributed by atoms with van der Waals surface area (Å²) in [6, 6.07) is 0. The first-order valence-electron chi connectivity index (χ1n) is 17.2. The Morgan fingerprint density at radius 2 is 1.62 bits per heavy atom. The second kappa shape index (κ2) is 15.2. The van der Waals surface area contributed by atoms with Crippen LogP contribution in [0.1, 0.15) is 97.8 Å². The summed E-state index contributed by atoms with van der Waals surface area (Å²) in [7, 11) is -4.58. The second-order valence-electron chi connectivity index (χ2n) is 15.3. The Labute approximate surface area is 276 Å². The molecule has 11 atom stereocenters. The first kappa shape index (κ1) is 37.8. The monoisotopic (exact) mass is 687 g/mol. The number of aliphatic hydroxyl groups excluding tert-OH is 2. The molecule has 0 spiro atoms. The van der Waals surface area contributed by atoms with E-state index in [0.717, 1.165) is 51.4 Å². The van der Waals surface area contributed by atoms with Crippen molar-refractivity contribution in [3.63, 3.8) is 0 Å². The maximum absolute atomic E-state index is 12.6. The number of carbonyl (C=O) groups is 4. The van der Waals surface area contributed by atoms with Crippen LogP contribution in [0.3, 0.4) is 0 Å². The third-order valence-corrected chi connectivity index (χ3v) is 13.6. The van der Waals surface area contributed by atoms with Crippen LogP contribution in [0.2, 0.25) is 0 Å². The molecule has 0 aromatic carbocycles. The van der Waals surface area contributed by atoms with E-state index in [1.165, 1.54) is 0 Å². The van der Waals surface area contributed by atoms with E-state index in [4.69, 9.17) is 24.4 Å². The number of carbonyl (C=O) groups excluding carboxylic acids is 3. The summed E-state index contributed by atoms with van der Waals surface area (Å²) < 4.78 is 20.6. The molecule has 4 fully saturated rings. The third kappa shape index (κ3) is 8.76. The van der Waals surface area contributed by atoms with E-state index in [1.54, 1.807) is 0 Å². The first-order chi connectivity index (χ1) is 22.0. The number of rotatable bonds is 14. The van der Waals surface area contributed by atoms with E-state index in [9.17, 15) is 34.0 Å². The van der Waals surface area contributed by atoms with Crippen molar-refractivity contribution >= 4 is 31.4 Å². The molecule has 6 unspecified atom stereocenters. The van der Waals surface area contributed by atoms with Crippen LogP contribution < -0.4 is 5.32 Å². The molecule has 0 heterocycles. The molecule has 1 amide bonds. The molecule has 0 bridgehead atoms. The first-order valence-corrected chi connectivity index (χ1v) is 19.0. The number of carboxylic acids is 1. The Morgan fingerprint density at radius 1 is 0.915 bits per heavy atom. The molecule has 0 aliphatic heterocycles. The van der Waals surface area contributed by atoms with Gasteiger partial charge in [0.1, 0.15) is 6.54 Å². The lowest BCUT2D eigenvalue weighted by Gasteiger charge is -2.62. The van der Waals surface area contributed by atoms with Crippen molar-refractivity contribution in [2.45, 2.75) is 110 Å². The quantitative estimate of drug-likeness (QED) is 0.0882. The Morgan fingerprint density at radius 3 is 2.30 bits per heavy atom. The van der Waals surface area contributed by atoms with E-state index in [0.29, 0.717) is 30.1 Å². The average Bonchev–Trinajstić information content (AvgIpc) is 3.36. The summed E-state index contributed by atoms with van der Waals surface area (Å²) in [5.41, 5.74) is -0.0272. The van der Waals surface area contributed by atoms with Gasteiger partial charge in [-0.15, -0.1) is 0 Å². The minimum absolute atomic E-state index is 0.177. The van der Waals surface area contributed by atoms with Crippen LogP contribution in [0.25, 0.3) is 0 Å². The van der Waals surface area contributed by atoms with Gasteiger partial charge in [-0.2, -0.15) is 0 Å². The fraction of sp³-hybridized carbons (Fsp3) is 0.879. The minimum Gasteiger partial charge on any atom is -0.481 e. The molecule has 4 rings (SSSR count). The molecular weight excluding hydrogens is 633 g/mol. The number of amides is 1. The highest BCUT2D eigenvalue weighted by molar-refractivity contribution is 7.51. The zero-order chi connectivity index (χ0) is 34.7. The average molecular weight is 688 g/mol. The van der Waals surface area contributed by atoms with Crippen molar-refractivity contribution in [3.8, 4) is 0 Å². The second-order valence-corrected chi connectivity index (χ2v) is 16.9. The molecule has 0 radical (unpaired) electrons. The predicted octanol–water partition coefficient (Wildman–Crippen LogP) is 3.21. The number of hydrogen-bond acceptors (Lipinski definition) is 9. The Hall–Kier alpha value is -2.05. The summed E-state index contributed by atoms with van der Waals surface area (Å²) in [6.45, 7) is 5.66. The van der Waals surface area contributed by atoms with Crippen LogP contribution in [0.4, 0.5) is 0 Å². The van der Waals surface area contributed by atoms with Crippen molar-refractivity contribution in [1.29, 1.82) is 0 Å². The fourth-order valence-electron chi connectivity index (χ4n) is 10.1. The van der Waals surface area contributed by atoms with Crippen LogP contribution in [0.5, 0.6) is 0 Å². The van der Waals surface area contributed by atoms with Crippen LogP contribution in [-0.4, -0.2) is 80.6 Å². The van der Waals surface area contributed by atoms with Crippen LogP contribution >= 0.6 is 7.60 Å². The smallest absolute Gasteiger partial charge is 0.328 e. The maximum atomic E-state index is 12.6. The summed E-state index contributed by atoms with van der Waals surface area (Å²) in [6.07, 6.45) is 6.53. The van der Waals surface area contributed by atoms with Crippen molar-refractivity contribution < 1.29 is 58.3 Å². The molecule has 14 heteroatoms. The van der Waals surface area contributed by atoms with Gasteiger partial charge in [-0.3, -0.25) is 23.7 Å². The zero-order valence-corrected chi connectivity index (χ0v) is 28.7. The zero-order valence-electron chi connectivity index (χ0n) is 27.8. The van der Waals surface area contributed by atoms with Crippen LogP contribution in [0, 0.1) is 52.3 Å². The number of fused-ring (bicyclic) bond motifs is 5. The molecule has 0 aromatic rings. The molecule has 47 heavy (non-hydrogen) atoms. The number of aliphatic carboxylic acids is 1. The molecule has 0 saturated heterocycles. The van der Waals surface area contributed by atoms with Gasteiger partial charge in [0.25, 0.3) is 0 Å². The number of carboxylic acid groups (broad SMARTS) is 1. The van der Waals surface area contributed by atoms with Gasteiger partial charge in [-0.1, -0.05) is 20.8 Å². The van der Waals surface area contributed by atoms with Crippen LogP contribution in [-0.2, 0) is 33.2 Å². The lowest BCUT2D eigenvalue weighted by atomic mass is 9.43. The van der Waals surface area contributed by atoms with E-state index in [2.05, 4.69) is 26.1 Å². The molecule has 13 nitrogen and oxygen atoms in total. The SMILES string of the molecule is C[C@H](CCC(=O)NCC(=O)OCOC(=O)CCC(CP(=O)(O)O)C(=O)O)C1CCC2C3CCC4C[C@H](O)CC[C@]4(C)C3C[C@H](O)[C@@]21C. The van der Waals surface area contributed by atoms with E-state index in [-0.39, 0.29) is 47.5 Å². The molecule has 268 valence electrons. The van der Waals surface area contributed by atoms with Gasteiger partial charge in [-0.25, -0.2) is 0 Å². The fourth-order valence-corrected chi connectivity index (χ4v) is 11.0. The highest BCUT2D eigenvalue weighted by atomic mass is 31.2. The number of esters is 2. The van der Waals surface area contributed by atoms with Gasteiger partial charge < -0.3 is 39.9 Å². The standard InChI is InChI=1S/C33H54NO12P/c1-19(4-10-28(37)34-16-30(39)46-18-45-29(38)11-5-20(31(40)41)17-47(42,43)44)24-8-9-25-23-7-6-21-14-22(35)12-13-32(21,2)26(23)15-27(36)33(24,25)3/h19-27,35-36H,4-18H2,1-3H3,(H,34,37)(H,40,41)(H2,42,43,44)/t19-,20?,21?,22-,23?,24?,25?,26?,27+,32+,33-/m1/s1. The molecule has 0 aromatic heterocycles. The topological polar surface area (TPSA) is 217 Å².